The standard InChI is InChI=1S/C11H22N2O/c1-4-8-13(5-2)11(14)7-6-10(3)9-12/h4,10H,1,5-9,12H2,2-3H3. The molecule has 0 fully saturated rings. The predicted octanol–water partition coefficient (Wildman–Crippen LogP) is 1.40. The molecular weight excluding hydrogens is 176 g/mol. The smallest absolute Gasteiger partial charge is 0.222 e. The van der Waals surface area contributed by atoms with E-state index in [0.29, 0.717) is 25.4 Å². The Kier molecular flexibility index (Phi) is 7.11. The molecule has 0 aromatic rings. The highest BCUT2D eigenvalue weighted by molar-refractivity contribution is 5.76. The van der Waals surface area contributed by atoms with Gasteiger partial charge in [-0.1, -0.05) is 13.0 Å². The average Bonchev–Trinajstić information content (AvgIpc) is 2.21. The highest BCUT2D eigenvalue weighted by Gasteiger charge is 2.10. The number of amides is 1. The Balaban J connectivity index is 3.85. The molecule has 1 atom stereocenters. The van der Waals surface area contributed by atoms with Gasteiger partial charge in [-0.3, -0.25) is 4.79 Å². The second kappa shape index (κ2) is 7.56. The minimum absolute atomic E-state index is 0.202. The molecule has 0 aromatic heterocycles. The lowest BCUT2D eigenvalue weighted by Crippen LogP contribution is -2.31. The van der Waals surface area contributed by atoms with Crippen molar-refractivity contribution in [3.8, 4) is 0 Å². The quantitative estimate of drug-likeness (QED) is 0.628. The molecule has 0 bridgehead atoms. The maximum atomic E-state index is 11.6. The number of carbonyl (C=O) groups excluding carboxylic acids is 1. The molecule has 0 saturated carbocycles. The van der Waals surface area contributed by atoms with Gasteiger partial charge in [0.25, 0.3) is 0 Å². The Bertz CT molecular complexity index is 180. The molecule has 0 radical (unpaired) electrons. The third kappa shape index (κ3) is 5.02. The van der Waals surface area contributed by atoms with Gasteiger partial charge in [-0.05, 0) is 25.8 Å². The van der Waals surface area contributed by atoms with Gasteiger partial charge in [0.15, 0.2) is 0 Å². The van der Waals surface area contributed by atoms with Crippen molar-refractivity contribution in [2.24, 2.45) is 11.7 Å². The van der Waals surface area contributed by atoms with Gasteiger partial charge in [-0.2, -0.15) is 0 Å². The molecule has 0 heterocycles. The molecule has 0 spiro atoms. The molecule has 1 unspecified atom stereocenters. The van der Waals surface area contributed by atoms with E-state index >= 15 is 0 Å². The molecular formula is C11H22N2O. The van der Waals surface area contributed by atoms with Crippen LogP contribution in [-0.4, -0.2) is 30.4 Å². The number of hydrogen-bond donors (Lipinski definition) is 1. The maximum Gasteiger partial charge on any atom is 0.222 e. The fraction of sp³-hybridized carbons (Fsp3) is 0.727. The molecule has 0 rings (SSSR count). The molecule has 0 aliphatic heterocycles. The Morgan fingerprint density at radius 3 is 2.71 bits per heavy atom. The van der Waals surface area contributed by atoms with E-state index < -0.39 is 0 Å². The van der Waals surface area contributed by atoms with Crippen LogP contribution in [0.25, 0.3) is 0 Å². The third-order valence-corrected chi connectivity index (χ3v) is 2.34. The topological polar surface area (TPSA) is 46.3 Å². The summed E-state index contributed by atoms with van der Waals surface area (Å²) in [7, 11) is 0. The van der Waals surface area contributed by atoms with Crippen LogP contribution >= 0.6 is 0 Å². The second-order valence-electron chi connectivity index (χ2n) is 3.60. The van der Waals surface area contributed by atoms with Crippen molar-refractivity contribution in [3.05, 3.63) is 12.7 Å². The monoisotopic (exact) mass is 198 g/mol. The molecule has 0 aliphatic rings. The first-order valence-corrected chi connectivity index (χ1v) is 5.24. The van der Waals surface area contributed by atoms with Gasteiger partial charge < -0.3 is 10.6 Å². The van der Waals surface area contributed by atoms with Crippen LogP contribution < -0.4 is 5.73 Å². The van der Waals surface area contributed by atoms with Gasteiger partial charge in [0, 0.05) is 19.5 Å². The van der Waals surface area contributed by atoms with Crippen LogP contribution in [0.2, 0.25) is 0 Å². The second-order valence-corrected chi connectivity index (χ2v) is 3.60. The van der Waals surface area contributed by atoms with Crippen LogP contribution in [0.15, 0.2) is 12.7 Å². The number of nitrogens with two attached hydrogens (primary N) is 1. The Hall–Kier alpha value is -0.830. The summed E-state index contributed by atoms with van der Waals surface area (Å²) in [5.74, 6) is 0.633. The van der Waals surface area contributed by atoms with E-state index in [4.69, 9.17) is 5.73 Å². The van der Waals surface area contributed by atoms with Gasteiger partial charge in [0.2, 0.25) is 5.91 Å². The van der Waals surface area contributed by atoms with E-state index in [9.17, 15) is 4.79 Å². The first kappa shape index (κ1) is 13.2. The largest absolute Gasteiger partial charge is 0.339 e. The van der Waals surface area contributed by atoms with Crippen LogP contribution in [0.5, 0.6) is 0 Å². The molecule has 1 amide bonds. The summed E-state index contributed by atoms with van der Waals surface area (Å²) in [6.45, 7) is 9.73. The summed E-state index contributed by atoms with van der Waals surface area (Å²) in [4.78, 5) is 13.4. The average molecular weight is 198 g/mol. The van der Waals surface area contributed by atoms with Crippen LogP contribution in [-0.2, 0) is 4.79 Å². The number of likely N-dealkylation sites (N-methyl/N-ethyl adjacent to an activating group) is 1. The predicted molar refractivity (Wildman–Crippen MR) is 59.9 cm³/mol. The van der Waals surface area contributed by atoms with Crippen molar-refractivity contribution >= 4 is 5.91 Å². The van der Waals surface area contributed by atoms with Crippen molar-refractivity contribution in [1.82, 2.24) is 4.90 Å². The van der Waals surface area contributed by atoms with Crippen molar-refractivity contribution < 1.29 is 4.79 Å². The highest BCUT2D eigenvalue weighted by atomic mass is 16.2. The third-order valence-electron chi connectivity index (χ3n) is 2.34. The lowest BCUT2D eigenvalue weighted by Gasteiger charge is -2.19. The molecule has 3 heteroatoms. The van der Waals surface area contributed by atoms with E-state index in [1.165, 1.54) is 0 Å². The Labute approximate surface area is 87.0 Å². The number of carbonyl (C=O) groups is 1. The molecule has 82 valence electrons. The van der Waals surface area contributed by atoms with E-state index in [0.717, 1.165) is 13.0 Å². The van der Waals surface area contributed by atoms with Crippen LogP contribution in [0.3, 0.4) is 0 Å². The van der Waals surface area contributed by atoms with Crippen LogP contribution in [0.4, 0.5) is 0 Å². The van der Waals surface area contributed by atoms with Crippen molar-refractivity contribution in [2.45, 2.75) is 26.7 Å². The highest BCUT2D eigenvalue weighted by Crippen LogP contribution is 2.05. The summed E-state index contributed by atoms with van der Waals surface area (Å²) < 4.78 is 0. The van der Waals surface area contributed by atoms with E-state index in [-0.39, 0.29) is 5.91 Å². The summed E-state index contributed by atoms with van der Waals surface area (Å²) in [6, 6.07) is 0. The summed E-state index contributed by atoms with van der Waals surface area (Å²) in [5.41, 5.74) is 5.48. The van der Waals surface area contributed by atoms with Crippen molar-refractivity contribution in [3.63, 3.8) is 0 Å². The lowest BCUT2D eigenvalue weighted by molar-refractivity contribution is -0.130. The summed E-state index contributed by atoms with van der Waals surface area (Å²) in [5, 5.41) is 0. The van der Waals surface area contributed by atoms with E-state index in [1.54, 1.807) is 11.0 Å². The number of hydrogen-bond acceptors (Lipinski definition) is 2. The zero-order valence-electron chi connectivity index (χ0n) is 9.33. The molecule has 14 heavy (non-hydrogen) atoms. The molecule has 0 saturated heterocycles. The maximum absolute atomic E-state index is 11.6. The molecule has 0 aliphatic carbocycles. The van der Waals surface area contributed by atoms with Gasteiger partial charge >= 0.3 is 0 Å². The zero-order chi connectivity index (χ0) is 11.0. The van der Waals surface area contributed by atoms with Crippen LogP contribution in [0.1, 0.15) is 26.7 Å². The van der Waals surface area contributed by atoms with E-state index in [2.05, 4.69) is 13.5 Å². The fourth-order valence-electron chi connectivity index (χ4n) is 1.21. The van der Waals surface area contributed by atoms with Gasteiger partial charge in [-0.15, -0.1) is 6.58 Å². The SMILES string of the molecule is C=CCN(CC)C(=O)CCC(C)CN. The lowest BCUT2D eigenvalue weighted by atomic mass is 10.1. The van der Waals surface area contributed by atoms with Gasteiger partial charge in [-0.25, -0.2) is 0 Å². The molecule has 2 N–H and O–H groups in total. The van der Waals surface area contributed by atoms with Gasteiger partial charge in [0.1, 0.15) is 0 Å². The number of nitrogens with zero attached hydrogens (tertiary/aromatic N) is 1. The Morgan fingerprint density at radius 1 is 1.64 bits per heavy atom. The molecule has 3 nitrogen and oxygen atoms in total. The first-order valence-electron chi connectivity index (χ1n) is 5.24. The summed E-state index contributed by atoms with van der Waals surface area (Å²) in [6.07, 6.45) is 3.23. The number of rotatable bonds is 7. The van der Waals surface area contributed by atoms with Crippen molar-refractivity contribution in [2.75, 3.05) is 19.6 Å². The van der Waals surface area contributed by atoms with Gasteiger partial charge in [0.05, 0.1) is 0 Å². The minimum atomic E-state index is 0.202. The fourth-order valence-corrected chi connectivity index (χ4v) is 1.21. The van der Waals surface area contributed by atoms with E-state index in [1.807, 2.05) is 6.92 Å². The van der Waals surface area contributed by atoms with Crippen molar-refractivity contribution in [1.29, 1.82) is 0 Å². The normalized spacial score (nSPS) is 12.2. The summed E-state index contributed by atoms with van der Waals surface area (Å²) >= 11 is 0. The molecule has 0 aromatic carbocycles. The first-order chi connectivity index (χ1) is 6.65. The zero-order valence-corrected chi connectivity index (χ0v) is 9.33. The Morgan fingerprint density at radius 2 is 2.29 bits per heavy atom. The minimum Gasteiger partial charge on any atom is -0.339 e. The van der Waals surface area contributed by atoms with Crippen LogP contribution in [0, 0.1) is 5.92 Å².